The van der Waals surface area contributed by atoms with Crippen molar-refractivity contribution in [1.29, 1.82) is 0 Å². The molecular formula is C10H15N7. The molecule has 2 aromatic heterocycles. The Bertz CT molecular complexity index is 526. The van der Waals surface area contributed by atoms with Crippen LogP contribution in [0.1, 0.15) is 12.2 Å². The molecule has 0 saturated carbocycles. The Hall–Kier alpha value is -1.76. The molecule has 3 rings (SSSR count). The van der Waals surface area contributed by atoms with Crippen LogP contribution in [-0.2, 0) is 20.0 Å². The lowest BCUT2D eigenvalue weighted by Crippen LogP contribution is -2.25. The third kappa shape index (κ3) is 1.72. The second kappa shape index (κ2) is 3.92. The van der Waals surface area contributed by atoms with Gasteiger partial charge in [-0.2, -0.15) is 0 Å². The zero-order valence-electron chi connectivity index (χ0n) is 9.74. The van der Waals surface area contributed by atoms with Crippen molar-refractivity contribution >= 4 is 0 Å². The highest BCUT2D eigenvalue weighted by Crippen LogP contribution is 2.23. The molecule has 17 heavy (non-hydrogen) atoms. The van der Waals surface area contributed by atoms with E-state index in [0.29, 0.717) is 12.5 Å². The van der Waals surface area contributed by atoms with Crippen LogP contribution in [0.15, 0.2) is 6.20 Å². The van der Waals surface area contributed by atoms with E-state index in [-0.39, 0.29) is 0 Å². The molecule has 3 heterocycles. The number of aromatic nitrogens is 6. The molecule has 0 bridgehead atoms. The number of rotatable bonds is 2. The van der Waals surface area contributed by atoms with E-state index in [0.717, 1.165) is 36.7 Å². The minimum Gasteiger partial charge on any atom is -0.330 e. The summed E-state index contributed by atoms with van der Waals surface area (Å²) in [6.45, 7) is 1.63. The van der Waals surface area contributed by atoms with Crippen LogP contribution in [0.4, 0.5) is 0 Å². The third-order valence-corrected chi connectivity index (χ3v) is 3.22. The first-order valence-electron chi connectivity index (χ1n) is 5.76. The van der Waals surface area contributed by atoms with Crippen molar-refractivity contribution in [2.24, 2.45) is 18.7 Å². The standard InChI is InChI=1S/C10H15N7/c1-16-6-8(12-15-16)10-14-13-9-4-7(5-11)2-3-17(9)10/h6-7H,2-5,11H2,1H3. The van der Waals surface area contributed by atoms with E-state index in [1.165, 1.54) is 0 Å². The topological polar surface area (TPSA) is 87.4 Å². The summed E-state index contributed by atoms with van der Waals surface area (Å²) in [6.07, 6.45) is 3.84. The number of hydrogen-bond donors (Lipinski definition) is 1. The molecule has 1 atom stereocenters. The van der Waals surface area contributed by atoms with Gasteiger partial charge in [0.2, 0.25) is 0 Å². The van der Waals surface area contributed by atoms with Crippen LogP contribution in [0.25, 0.3) is 11.5 Å². The Morgan fingerprint density at radius 1 is 1.41 bits per heavy atom. The molecule has 0 saturated heterocycles. The molecule has 7 nitrogen and oxygen atoms in total. The van der Waals surface area contributed by atoms with Crippen molar-refractivity contribution in [3.63, 3.8) is 0 Å². The number of hydrogen-bond acceptors (Lipinski definition) is 5. The van der Waals surface area contributed by atoms with E-state index >= 15 is 0 Å². The summed E-state index contributed by atoms with van der Waals surface area (Å²) in [5.41, 5.74) is 6.47. The molecule has 90 valence electrons. The maximum atomic E-state index is 5.70. The van der Waals surface area contributed by atoms with Gasteiger partial charge in [0.1, 0.15) is 5.82 Å². The van der Waals surface area contributed by atoms with Crippen LogP contribution in [-0.4, -0.2) is 36.3 Å². The second-order valence-corrected chi connectivity index (χ2v) is 4.46. The van der Waals surface area contributed by atoms with E-state index in [4.69, 9.17) is 5.73 Å². The first-order valence-corrected chi connectivity index (χ1v) is 5.76. The predicted molar refractivity (Wildman–Crippen MR) is 60.9 cm³/mol. The Morgan fingerprint density at radius 2 is 2.29 bits per heavy atom. The lowest BCUT2D eigenvalue weighted by molar-refractivity contribution is 0.391. The lowest BCUT2D eigenvalue weighted by atomic mass is 9.98. The summed E-state index contributed by atoms with van der Waals surface area (Å²) in [5.74, 6) is 2.34. The van der Waals surface area contributed by atoms with Gasteiger partial charge in [-0.05, 0) is 18.9 Å². The van der Waals surface area contributed by atoms with Gasteiger partial charge in [-0.3, -0.25) is 4.68 Å². The molecule has 1 aliphatic rings. The fourth-order valence-electron chi connectivity index (χ4n) is 2.23. The first-order chi connectivity index (χ1) is 8.28. The second-order valence-electron chi connectivity index (χ2n) is 4.46. The fraction of sp³-hybridized carbons (Fsp3) is 0.600. The molecule has 0 radical (unpaired) electrons. The van der Waals surface area contributed by atoms with E-state index in [1.54, 1.807) is 4.68 Å². The van der Waals surface area contributed by atoms with E-state index in [1.807, 2.05) is 13.2 Å². The maximum absolute atomic E-state index is 5.70. The van der Waals surface area contributed by atoms with E-state index in [9.17, 15) is 0 Å². The molecule has 1 unspecified atom stereocenters. The molecule has 0 spiro atoms. The molecule has 7 heteroatoms. The minimum absolute atomic E-state index is 0.529. The van der Waals surface area contributed by atoms with Crippen LogP contribution < -0.4 is 5.73 Å². The molecule has 2 N–H and O–H groups in total. The van der Waals surface area contributed by atoms with E-state index in [2.05, 4.69) is 25.1 Å². The molecular weight excluding hydrogens is 218 g/mol. The van der Waals surface area contributed by atoms with Crippen LogP contribution in [0, 0.1) is 5.92 Å². The van der Waals surface area contributed by atoms with Gasteiger partial charge in [0.25, 0.3) is 0 Å². The predicted octanol–water partition coefficient (Wildman–Crippen LogP) is -0.405. The number of aryl methyl sites for hydroxylation is 1. The van der Waals surface area contributed by atoms with Crippen LogP contribution in [0.2, 0.25) is 0 Å². The minimum atomic E-state index is 0.529. The van der Waals surface area contributed by atoms with Crippen LogP contribution in [0.3, 0.4) is 0 Å². The van der Waals surface area contributed by atoms with Crippen molar-refractivity contribution in [3.05, 3.63) is 12.0 Å². The molecule has 0 fully saturated rings. The average Bonchev–Trinajstić information content (AvgIpc) is 2.93. The van der Waals surface area contributed by atoms with Crippen LogP contribution >= 0.6 is 0 Å². The third-order valence-electron chi connectivity index (χ3n) is 3.22. The number of nitrogens with zero attached hydrogens (tertiary/aromatic N) is 6. The Labute approximate surface area is 98.6 Å². The molecule has 0 aromatic carbocycles. The number of fused-ring (bicyclic) bond motifs is 1. The zero-order valence-corrected chi connectivity index (χ0v) is 9.74. The molecule has 0 aliphatic carbocycles. The summed E-state index contributed by atoms with van der Waals surface area (Å²) in [6, 6.07) is 0. The lowest BCUT2D eigenvalue weighted by Gasteiger charge is -2.21. The normalized spacial score (nSPS) is 19.3. The fourth-order valence-corrected chi connectivity index (χ4v) is 2.23. The van der Waals surface area contributed by atoms with Gasteiger partial charge in [-0.1, -0.05) is 5.21 Å². The van der Waals surface area contributed by atoms with Gasteiger partial charge in [0.05, 0.1) is 6.20 Å². The molecule has 0 amide bonds. The summed E-state index contributed by atoms with van der Waals surface area (Å²) in [7, 11) is 1.84. The van der Waals surface area contributed by atoms with E-state index < -0.39 is 0 Å². The number of nitrogens with two attached hydrogens (primary N) is 1. The highest BCUT2D eigenvalue weighted by molar-refractivity contribution is 5.47. The monoisotopic (exact) mass is 233 g/mol. The van der Waals surface area contributed by atoms with Gasteiger partial charge >= 0.3 is 0 Å². The van der Waals surface area contributed by atoms with Crippen molar-refractivity contribution in [1.82, 2.24) is 29.8 Å². The maximum Gasteiger partial charge on any atom is 0.186 e. The molecule has 1 aliphatic heterocycles. The van der Waals surface area contributed by atoms with Gasteiger partial charge < -0.3 is 10.3 Å². The SMILES string of the molecule is Cn1cc(-c2nnc3n2CCC(CN)C3)nn1. The highest BCUT2D eigenvalue weighted by atomic mass is 15.4. The Balaban J connectivity index is 1.96. The summed E-state index contributed by atoms with van der Waals surface area (Å²) in [4.78, 5) is 0. The van der Waals surface area contributed by atoms with Crippen molar-refractivity contribution < 1.29 is 0 Å². The first kappa shape index (κ1) is 10.4. The smallest absolute Gasteiger partial charge is 0.186 e. The van der Waals surface area contributed by atoms with Gasteiger partial charge in [0.15, 0.2) is 11.5 Å². The van der Waals surface area contributed by atoms with Crippen LogP contribution in [0.5, 0.6) is 0 Å². The zero-order chi connectivity index (χ0) is 11.8. The molecule has 2 aromatic rings. The average molecular weight is 233 g/mol. The van der Waals surface area contributed by atoms with Crippen molar-refractivity contribution in [3.8, 4) is 11.5 Å². The summed E-state index contributed by atoms with van der Waals surface area (Å²) < 4.78 is 3.79. The highest BCUT2D eigenvalue weighted by Gasteiger charge is 2.23. The van der Waals surface area contributed by atoms with Gasteiger partial charge in [-0.15, -0.1) is 15.3 Å². The summed E-state index contributed by atoms with van der Waals surface area (Å²) in [5, 5.41) is 16.4. The summed E-state index contributed by atoms with van der Waals surface area (Å²) >= 11 is 0. The Kier molecular flexibility index (Phi) is 2.40. The van der Waals surface area contributed by atoms with Gasteiger partial charge in [-0.25, -0.2) is 0 Å². The Morgan fingerprint density at radius 3 is 3.00 bits per heavy atom. The largest absolute Gasteiger partial charge is 0.330 e. The van der Waals surface area contributed by atoms with Crippen molar-refractivity contribution in [2.45, 2.75) is 19.4 Å². The van der Waals surface area contributed by atoms with Crippen molar-refractivity contribution in [2.75, 3.05) is 6.54 Å². The van der Waals surface area contributed by atoms with Gasteiger partial charge in [0, 0.05) is 20.0 Å². The quantitative estimate of drug-likeness (QED) is 0.762.